The summed E-state index contributed by atoms with van der Waals surface area (Å²) in [4.78, 5) is 12.1. The Morgan fingerprint density at radius 1 is 1.12 bits per heavy atom. The van der Waals surface area contributed by atoms with Crippen molar-refractivity contribution >= 4 is 5.91 Å². The van der Waals surface area contributed by atoms with E-state index in [1.165, 1.54) is 0 Å². The van der Waals surface area contributed by atoms with Crippen LogP contribution in [-0.2, 0) is 4.79 Å². The highest BCUT2D eigenvalue weighted by Gasteiger charge is 2.46. The molecule has 2 aliphatic heterocycles. The molecule has 2 fully saturated rings. The van der Waals surface area contributed by atoms with E-state index in [9.17, 15) is 4.79 Å². The molecule has 4 heteroatoms. The number of benzene rings is 1. The van der Waals surface area contributed by atoms with Crippen molar-refractivity contribution in [2.24, 2.45) is 0 Å². The number of piperidine rings is 1. The van der Waals surface area contributed by atoms with Gasteiger partial charge < -0.3 is 10.6 Å². The largest absolute Gasteiger partial charge is 0.335 e. The molecule has 1 aromatic carbocycles. The van der Waals surface area contributed by atoms with Gasteiger partial charge in [-0.15, -0.1) is 0 Å². The highest BCUT2D eigenvalue weighted by Crippen LogP contribution is 2.28. The lowest BCUT2D eigenvalue weighted by Gasteiger charge is -2.31. The average molecular weight is 231 g/mol. The Labute approximate surface area is 101 Å². The Hall–Kier alpha value is -1.39. The normalized spacial score (nSPS) is 27.1. The van der Waals surface area contributed by atoms with E-state index in [1.54, 1.807) is 0 Å². The SMILES string of the molecule is O=C1NC(c2ccccc2)NC12CCNCC2. The van der Waals surface area contributed by atoms with Crippen molar-refractivity contribution < 1.29 is 4.79 Å². The number of carbonyl (C=O) groups is 1. The molecule has 1 spiro atoms. The minimum Gasteiger partial charge on any atom is -0.335 e. The van der Waals surface area contributed by atoms with Crippen LogP contribution in [0.1, 0.15) is 24.6 Å². The maximum Gasteiger partial charge on any atom is 0.241 e. The summed E-state index contributed by atoms with van der Waals surface area (Å²) in [7, 11) is 0. The predicted molar refractivity (Wildman–Crippen MR) is 65.3 cm³/mol. The standard InChI is InChI=1S/C13H17N3O/c17-12-13(6-8-14-9-7-13)16-11(15-12)10-4-2-1-3-5-10/h1-5,11,14,16H,6-9H2,(H,15,17). The second kappa shape index (κ2) is 4.13. The molecule has 17 heavy (non-hydrogen) atoms. The third kappa shape index (κ3) is 1.83. The van der Waals surface area contributed by atoms with E-state index >= 15 is 0 Å². The van der Waals surface area contributed by atoms with Crippen LogP contribution in [0.25, 0.3) is 0 Å². The molecule has 90 valence electrons. The Kier molecular flexibility index (Phi) is 2.61. The first-order valence-electron chi connectivity index (χ1n) is 6.15. The van der Waals surface area contributed by atoms with E-state index in [0.717, 1.165) is 31.5 Å². The first kappa shape index (κ1) is 10.7. The molecule has 0 bridgehead atoms. The van der Waals surface area contributed by atoms with Crippen molar-refractivity contribution in [3.63, 3.8) is 0 Å². The van der Waals surface area contributed by atoms with Crippen molar-refractivity contribution in [1.82, 2.24) is 16.0 Å². The summed E-state index contributed by atoms with van der Waals surface area (Å²) >= 11 is 0. The maximum atomic E-state index is 12.1. The van der Waals surface area contributed by atoms with Crippen molar-refractivity contribution in [2.75, 3.05) is 13.1 Å². The van der Waals surface area contributed by atoms with Crippen LogP contribution in [0.5, 0.6) is 0 Å². The van der Waals surface area contributed by atoms with E-state index < -0.39 is 0 Å². The van der Waals surface area contributed by atoms with Crippen molar-refractivity contribution in [3.8, 4) is 0 Å². The van der Waals surface area contributed by atoms with Crippen molar-refractivity contribution in [1.29, 1.82) is 0 Å². The fourth-order valence-corrected chi connectivity index (χ4v) is 2.68. The van der Waals surface area contributed by atoms with Gasteiger partial charge in [-0.2, -0.15) is 0 Å². The number of nitrogens with one attached hydrogen (secondary N) is 3. The number of amides is 1. The van der Waals surface area contributed by atoms with Gasteiger partial charge in [-0.25, -0.2) is 0 Å². The van der Waals surface area contributed by atoms with Gasteiger partial charge in [0.2, 0.25) is 5.91 Å². The molecule has 1 amide bonds. The molecule has 0 saturated carbocycles. The van der Waals surface area contributed by atoms with Gasteiger partial charge in [-0.3, -0.25) is 10.1 Å². The lowest BCUT2D eigenvalue weighted by Crippen LogP contribution is -2.53. The highest BCUT2D eigenvalue weighted by molar-refractivity contribution is 5.89. The maximum absolute atomic E-state index is 12.1. The van der Waals surface area contributed by atoms with Gasteiger partial charge in [-0.05, 0) is 31.5 Å². The number of carbonyl (C=O) groups excluding carboxylic acids is 1. The quantitative estimate of drug-likeness (QED) is 0.661. The molecule has 2 saturated heterocycles. The fraction of sp³-hybridized carbons (Fsp3) is 0.462. The third-order valence-corrected chi connectivity index (χ3v) is 3.72. The summed E-state index contributed by atoms with van der Waals surface area (Å²) in [5.41, 5.74) is 0.766. The first-order chi connectivity index (χ1) is 8.30. The van der Waals surface area contributed by atoms with Gasteiger partial charge in [0.25, 0.3) is 0 Å². The lowest BCUT2D eigenvalue weighted by molar-refractivity contribution is -0.125. The van der Waals surface area contributed by atoms with Gasteiger partial charge in [-0.1, -0.05) is 30.3 Å². The zero-order valence-electron chi connectivity index (χ0n) is 9.70. The Bertz CT molecular complexity index is 412. The number of rotatable bonds is 1. The highest BCUT2D eigenvalue weighted by atomic mass is 16.2. The van der Waals surface area contributed by atoms with Crippen molar-refractivity contribution in [3.05, 3.63) is 35.9 Å². The van der Waals surface area contributed by atoms with Crippen molar-refractivity contribution in [2.45, 2.75) is 24.5 Å². The number of hydrogen-bond acceptors (Lipinski definition) is 3. The third-order valence-electron chi connectivity index (χ3n) is 3.72. The molecular formula is C13H17N3O. The molecule has 2 heterocycles. The molecule has 3 rings (SSSR count). The fourth-order valence-electron chi connectivity index (χ4n) is 2.68. The molecule has 0 aromatic heterocycles. The van der Waals surface area contributed by atoms with Crippen LogP contribution in [0.15, 0.2) is 30.3 Å². The summed E-state index contributed by atoms with van der Waals surface area (Å²) in [6.07, 6.45) is 1.69. The van der Waals surface area contributed by atoms with Crippen LogP contribution in [0.4, 0.5) is 0 Å². The Morgan fingerprint density at radius 2 is 1.82 bits per heavy atom. The Balaban J connectivity index is 1.82. The van der Waals surface area contributed by atoms with Crippen LogP contribution in [0.3, 0.4) is 0 Å². The molecule has 3 N–H and O–H groups in total. The average Bonchev–Trinajstić information content (AvgIpc) is 2.69. The summed E-state index contributed by atoms with van der Waals surface area (Å²) in [6, 6.07) is 10.1. The van der Waals surface area contributed by atoms with E-state index in [1.807, 2.05) is 30.3 Å². The lowest BCUT2D eigenvalue weighted by atomic mass is 9.88. The minimum absolute atomic E-state index is 0.0400. The smallest absolute Gasteiger partial charge is 0.241 e. The van der Waals surface area contributed by atoms with Gasteiger partial charge in [0.05, 0.1) is 0 Å². The zero-order valence-corrected chi connectivity index (χ0v) is 9.70. The van der Waals surface area contributed by atoms with E-state index in [2.05, 4.69) is 16.0 Å². The van der Waals surface area contributed by atoms with Gasteiger partial charge >= 0.3 is 0 Å². The first-order valence-corrected chi connectivity index (χ1v) is 6.15. The topological polar surface area (TPSA) is 53.2 Å². The second-order valence-electron chi connectivity index (χ2n) is 4.79. The summed E-state index contributed by atoms with van der Waals surface area (Å²) in [5, 5.41) is 9.82. The molecule has 1 atom stereocenters. The molecular weight excluding hydrogens is 214 g/mol. The zero-order chi connectivity index (χ0) is 11.7. The van der Waals surface area contributed by atoms with E-state index in [0.29, 0.717) is 0 Å². The van der Waals surface area contributed by atoms with E-state index in [4.69, 9.17) is 0 Å². The molecule has 2 aliphatic rings. The second-order valence-corrected chi connectivity index (χ2v) is 4.79. The minimum atomic E-state index is -0.355. The monoisotopic (exact) mass is 231 g/mol. The molecule has 1 aromatic rings. The number of hydrogen-bond donors (Lipinski definition) is 3. The van der Waals surface area contributed by atoms with Crippen LogP contribution < -0.4 is 16.0 Å². The van der Waals surface area contributed by atoms with Crippen LogP contribution in [0.2, 0.25) is 0 Å². The van der Waals surface area contributed by atoms with Crippen LogP contribution >= 0.6 is 0 Å². The molecule has 4 nitrogen and oxygen atoms in total. The Morgan fingerprint density at radius 3 is 2.53 bits per heavy atom. The van der Waals surface area contributed by atoms with E-state index in [-0.39, 0.29) is 17.6 Å². The van der Waals surface area contributed by atoms with Gasteiger partial charge in [0, 0.05) is 0 Å². The van der Waals surface area contributed by atoms with Crippen LogP contribution in [-0.4, -0.2) is 24.5 Å². The predicted octanol–water partition coefficient (Wildman–Crippen LogP) is 0.527. The summed E-state index contributed by atoms with van der Waals surface area (Å²) in [6.45, 7) is 1.81. The summed E-state index contributed by atoms with van der Waals surface area (Å²) in [5.74, 6) is 0.146. The molecule has 0 radical (unpaired) electrons. The van der Waals surface area contributed by atoms with Gasteiger partial charge in [0.15, 0.2) is 0 Å². The van der Waals surface area contributed by atoms with Gasteiger partial charge in [0.1, 0.15) is 11.7 Å². The molecule has 0 aliphatic carbocycles. The summed E-state index contributed by atoms with van der Waals surface area (Å²) < 4.78 is 0. The molecule has 1 unspecified atom stereocenters. The van der Waals surface area contributed by atoms with Crippen LogP contribution in [0, 0.1) is 0 Å².